The van der Waals surface area contributed by atoms with Crippen molar-refractivity contribution >= 4 is 28.6 Å². The molecule has 0 unspecified atom stereocenters. The summed E-state index contributed by atoms with van der Waals surface area (Å²) in [5, 5.41) is 18.8. The second-order valence-corrected chi connectivity index (χ2v) is 10.4. The summed E-state index contributed by atoms with van der Waals surface area (Å²) in [7, 11) is 1.71. The summed E-state index contributed by atoms with van der Waals surface area (Å²) >= 11 is 6.49. The molecule has 2 heterocycles. The molecule has 3 aromatic carbocycles. The number of piperidine rings is 1. The first kappa shape index (κ1) is 29.2. The topological polar surface area (TPSA) is 101 Å². The lowest BCUT2D eigenvalue weighted by atomic mass is 9.88. The smallest absolute Gasteiger partial charge is 0.387 e. The van der Waals surface area contributed by atoms with Gasteiger partial charge in [0, 0.05) is 12.6 Å². The standard InChI is InChI=1S/C30H26ClF3N4O4/c1-37-24-12-20(29(39)40)13-25(42-30(33)34)27(24)36-26(37)15-38-9-7-18(8-10-38)21-3-2-4-22(31)28(21)41-16-19-6-5-17(14-35)11-23(19)32/h2-6,11-13,18,30H,7-10,15-16H2,1H3,(H,39,40). The van der Waals surface area contributed by atoms with Gasteiger partial charge in [-0.3, -0.25) is 4.90 Å². The summed E-state index contributed by atoms with van der Waals surface area (Å²) in [6, 6.07) is 14.1. The van der Waals surface area contributed by atoms with Gasteiger partial charge < -0.3 is 19.1 Å². The van der Waals surface area contributed by atoms with Crippen LogP contribution in [-0.2, 0) is 20.2 Å². The third-order valence-corrected chi connectivity index (χ3v) is 7.75. The number of hydrogen-bond donors (Lipinski definition) is 1. The molecule has 1 saturated heterocycles. The highest BCUT2D eigenvalue weighted by molar-refractivity contribution is 6.32. The summed E-state index contributed by atoms with van der Waals surface area (Å²) in [4.78, 5) is 18.2. The predicted octanol–water partition coefficient (Wildman–Crippen LogP) is 6.50. The van der Waals surface area contributed by atoms with Crippen molar-refractivity contribution < 1.29 is 32.5 Å². The van der Waals surface area contributed by atoms with E-state index in [0.29, 0.717) is 47.3 Å². The van der Waals surface area contributed by atoms with Crippen LogP contribution in [0.5, 0.6) is 11.5 Å². The number of likely N-dealkylation sites (tertiary alicyclic amines) is 1. The van der Waals surface area contributed by atoms with Crippen molar-refractivity contribution in [2.75, 3.05) is 13.1 Å². The number of hydrogen-bond acceptors (Lipinski definition) is 6. The summed E-state index contributed by atoms with van der Waals surface area (Å²) in [5.41, 5.74) is 1.85. The van der Waals surface area contributed by atoms with Crippen LogP contribution in [0.1, 0.15) is 51.6 Å². The number of nitriles is 1. The molecule has 218 valence electrons. The van der Waals surface area contributed by atoms with E-state index in [1.807, 2.05) is 18.2 Å². The Balaban J connectivity index is 1.29. The van der Waals surface area contributed by atoms with Crippen molar-refractivity contribution in [3.05, 3.63) is 87.4 Å². The van der Waals surface area contributed by atoms with Crippen LogP contribution < -0.4 is 9.47 Å². The highest BCUT2D eigenvalue weighted by Crippen LogP contribution is 2.39. The van der Waals surface area contributed by atoms with E-state index in [9.17, 15) is 23.1 Å². The first-order valence-electron chi connectivity index (χ1n) is 13.1. The van der Waals surface area contributed by atoms with Gasteiger partial charge in [-0.15, -0.1) is 0 Å². The van der Waals surface area contributed by atoms with E-state index >= 15 is 0 Å². The Hall–Kier alpha value is -4.27. The van der Waals surface area contributed by atoms with Gasteiger partial charge in [0.1, 0.15) is 29.5 Å². The average Bonchev–Trinajstić information content (AvgIpc) is 3.28. The number of para-hydroxylation sites is 1. The number of imidazole rings is 1. The van der Waals surface area contributed by atoms with Gasteiger partial charge in [0.05, 0.1) is 34.3 Å². The van der Waals surface area contributed by atoms with Crippen LogP contribution in [0.25, 0.3) is 11.0 Å². The Morgan fingerprint density at radius 1 is 1.21 bits per heavy atom. The average molecular weight is 599 g/mol. The van der Waals surface area contributed by atoms with Gasteiger partial charge in [0.2, 0.25) is 0 Å². The van der Waals surface area contributed by atoms with Gasteiger partial charge in [-0.1, -0.05) is 29.8 Å². The molecule has 1 N–H and O–H groups in total. The van der Waals surface area contributed by atoms with Gasteiger partial charge in [-0.2, -0.15) is 14.0 Å². The first-order valence-corrected chi connectivity index (χ1v) is 13.5. The van der Waals surface area contributed by atoms with Gasteiger partial charge in [0.25, 0.3) is 0 Å². The lowest BCUT2D eigenvalue weighted by Gasteiger charge is -2.32. The molecule has 4 aromatic rings. The molecule has 1 fully saturated rings. The molecular weight excluding hydrogens is 573 g/mol. The van der Waals surface area contributed by atoms with E-state index in [0.717, 1.165) is 24.5 Å². The molecule has 12 heteroatoms. The van der Waals surface area contributed by atoms with E-state index in [2.05, 4.69) is 14.6 Å². The third-order valence-electron chi connectivity index (χ3n) is 7.45. The van der Waals surface area contributed by atoms with Crippen molar-refractivity contribution in [1.29, 1.82) is 5.26 Å². The number of carbonyl (C=O) groups is 1. The number of halogens is 4. The highest BCUT2D eigenvalue weighted by Gasteiger charge is 2.26. The highest BCUT2D eigenvalue weighted by atomic mass is 35.5. The molecule has 1 aliphatic rings. The second kappa shape index (κ2) is 12.3. The molecule has 1 aliphatic heterocycles. The van der Waals surface area contributed by atoms with Crippen molar-refractivity contribution in [2.45, 2.75) is 38.5 Å². The maximum absolute atomic E-state index is 14.4. The summed E-state index contributed by atoms with van der Waals surface area (Å²) in [6.45, 7) is -1.34. The Labute approximate surface area is 244 Å². The molecule has 1 aromatic heterocycles. The van der Waals surface area contributed by atoms with Crippen LogP contribution in [0, 0.1) is 17.1 Å². The van der Waals surface area contributed by atoms with Crippen LogP contribution in [0.15, 0.2) is 48.5 Å². The van der Waals surface area contributed by atoms with E-state index in [1.165, 1.54) is 24.3 Å². The van der Waals surface area contributed by atoms with Crippen LogP contribution in [0.4, 0.5) is 13.2 Å². The molecular formula is C30H26ClF3N4O4. The van der Waals surface area contributed by atoms with E-state index in [4.69, 9.17) is 21.6 Å². The number of carboxylic acids is 1. The molecule has 0 bridgehead atoms. The maximum atomic E-state index is 14.4. The predicted molar refractivity (Wildman–Crippen MR) is 148 cm³/mol. The van der Waals surface area contributed by atoms with Crippen molar-refractivity contribution in [2.24, 2.45) is 7.05 Å². The Morgan fingerprint density at radius 3 is 2.64 bits per heavy atom. The Bertz CT molecular complexity index is 1680. The zero-order chi connectivity index (χ0) is 30.0. The number of nitrogens with zero attached hydrogens (tertiary/aromatic N) is 4. The van der Waals surface area contributed by atoms with Gasteiger partial charge in [-0.05, 0) is 67.7 Å². The molecule has 0 amide bonds. The number of fused-ring (bicyclic) bond motifs is 1. The Kier molecular flexibility index (Phi) is 8.56. The minimum atomic E-state index is -3.12. The second-order valence-electron chi connectivity index (χ2n) is 10.0. The number of benzene rings is 3. The molecule has 0 saturated carbocycles. The van der Waals surface area contributed by atoms with Crippen LogP contribution in [0.3, 0.4) is 0 Å². The molecule has 8 nitrogen and oxygen atoms in total. The molecule has 42 heavy (non-hydrogen) atoms. The number of rotatable bonds is 9. The van der Waals surface area contributed by atoms with E-state index < -0.39 is 18.4 Å². The number of carboxylic acid groups (broad SMARTS) is 1. The van der Waals surface area contributed by atoms with Crippen molar-refractivity contribution in [1.82, 2.24) is 14.5 Å². The first-order chi connectivity index (χ1) is 20.1. The van der Waals surface area contributed by atoms with E-state index in [1.54, 1.807) is 17.7 Å². The zero-order valence-electron chi connectivity index (χ0n) is 22.5. The van der Waals surface area contributed by atoms with Crippen molar-refractivity contribution in [3.8, 4) is 17.6 Å². The lowest BCUT2D eigenvalue weighted by Crippen LogP contribution is -2.33. The molecule has 0 aliphatic carbocycles. The summed E-state index contributed by atoms with van der Waals surface area (Å²) < 4.78 is 52.7. The molecule has 0 atom stereocenters. The van der Waals surface area contributed by atoms with Gasteiger partial charge >= 0.3 is 12.6 Å². The number of alkyl halides is 2. The fourth-order valence-corrected chi connectivity index (χ4v) is 5.48. The number of aromatic carboxylic acids is 1. The minimum Gasteiger partial charge on any atom is -0.487 e. The Morgan fingerprint density at radius 2 is 1.98 bits per heavy atom. The van der Waals surface area contributed by atoms with E-state index in [-0.39, 0.29) is 34.9 Å². The number of ether oxygens (including phenoxy) is 2. The molecule has 0 spiro atoms. The summed E-state index contributed by atoms with van der Waals surface area (Å²) in [6.07, 6.45) is 1.55. The fourth-order valence-electron chi connectivity index (χ4n) is 5.24. The van der Waals surface area contributed by atoms with Crippen LogP contribution >= 0.6 is 11.6 Å². The normalized spacial score (nSPS) is 14.3. The monoisotopic (exact) mass is 598 g/mol. The largest absolute Gasteiger partial charge is 0.487 e. The molecule has 0 radical (unpaired) electrons. The molecule has 5 rings (SSSR count). The van der Waals surface area contributed by atoms with Gasteiger partial charge in [0.15, 0.2) is 5.75 Å². The zero-order valence-corrected chi connectivity index (χ0v) is 23.2. The SMILES string of the molecule is Cn1c(CN2CCC(c3cccc(Cl)c3OCc3ccc(C#N)cc3F)CC2)nc2c(OC(F)F)cc(C(=O)O)cc21. The van der Waals surface area contributed by atoms with Crippen LogP contribution in [-0.4, -0.2) is 45.2 Å². The number of aromatic nitrogens is 2. The van der Waals surface area contributed by atoms with Crippen molar-refractivity contribution in [3.63, 3.8) is 0 Å². The fraction of sp³-hybridized carbons (Fsp3) is 0.300. The van der Waals surface area contributed by atoms with Gasteiger partial charge in [-0.25, -0.2) is 14.2 Å². The van der Waals surface area contributed by atoms with Crippen LogP contribution in [0.2, 0.25) is 5.02 Å². The minimum absolute atomic E-state index is 0.0410. The summed E-state index contributed by atoms with van der Waals surface area (Å²) in [5.74, 6) is -0.851. The third kappa shape index (κ3) is 6.15. The quantitative estimate of drug-likeness (QED) is 0.235. The number of aryl methyl sites for hydroxylation is 1. The lowest BCUT2D eigenvalue weighted by molar-refractivity contribution is -0.0489. The maximum Gasteiger partial charge on any atom is 0.387 e.